The molecule has 0 aromatic heterocycles. The molecule has 1 saturated heterocycles. The highest BCUT2D eigenvalue weighted by Crippen LogP contribution is 2.12. The Bertz CT molecular complexity index is 589. The molecule has 1 N–H and O–H groups in total. The summed E-state index contributed by atoms with van der Waals surface area (Å²) in [4.78, 5) is 4.42. The van der Waals surface area contributed by atoms with Gasteiger partial charge in [-0.25, -0.2) is 0 Å². The Morgan fingerprint density at radius 2 is 2.16 bits per heavy atom. The van der Waals surface area contributed by atoms with Crippen molar-refractivity contribution in [3.05, 3.63) is 48.0 Å². The molecule has 25 heavy (non-hydrogen) atoms. The molecule has 3 unspecified atom stereocenters. The summed E-state index contributed by atoms with van der Waals surface area (Å²) < 4.78 is 5.75. The van der Waals surface area contributed by atoms with Crippen molar-refractivity contribution < 1.29 is 9.84 Å². The summed E-state index contributed by atoms with van der Waals surface area (Å²) in [5, 5.41) is 19.6. The molecule has 1 aliphatic rings. The van der Waals surface area contributed by atoms with Gasteiger partial charge < -0.3 is 9.84 Å². The van der Waals surface area contributed by atoms with Gasteiger partial charge in [0.1, 0.15) is 0 Å². The van der Waals surface area contributed by atoms with Gasteiger partial charge in [0.2, 0.25) is 0 Å². The third kappa shape index (κ3) is 6.60. The molecule has 2 rings (SSSR count). The van der Waals surface area contributed by atoms with Crippen molar-refractivity contribution >= 4 is 0 Å². The van der Waals surface area contributed by atoms with Crippen molar-refractivity contribution in [2.75, 3.05) is 32.7 Å². The normalized spacial score (nSPS) is 22.5. The van der Waals surface area contributed by atoms with Crippen LogP contribution in [0.5, 0.6) is 0 Å². The predicted molar refractivity (Wildman–Crippen MR) is 99.1 cm³/mol. The van der Waals surface area contributed by atoms with Crippen LogP contribution in [0.4, 0.5) is 0 Å². The number of β-amino-alcohol motifs (C(OH)–C–C–N with tert-alkyl or cyclic N) is 1. The first-order valence-corrected chi connectivity index (χ1v) is 8.88. The lowest BCUT2D eigenvalue weighted by Gasteiger charge is -2.37. The molecule has 0 saturated carbocycles. The van der Waals surface area contributed by atoms with E-state index in [-0.39, 0.29) is 12.2 Å². The smallest absolute Gasteiger partial charge is 0.0991 e. The van der Waals surface area contributed by atoms with Gasteiger partial charge in [-0.05, 0) is 31.5 Å². The zero-order valence-electron chi connectivity index (χ0n) is 15.3. The van der Waals surface area contributed by atoms with E-state index < -0.39 is 6.10 Å². The second kappa shape index (κ2) is 9.69. The molecule has 0 bridgehead atoms. The van der Waals surface area contributed by atoms with E-state index in [0.29, 0.717) is 31.7 Å². The standard InChI is InChI=1S/C20H29N3O2/c1-4-8-22(13-19-7-5-6-18(9-19)10-21)14-20(24)15-23-11-16(2)25-17(3)12-23/h4-7,9,16-17,20,24H,1,8,11-15H2,2-3H3. The van der Waals surface area contributed by atoms with Crippen LogP contribution in [0.15, 0.2) is 36.9 Å². The monoisotopic (exact) mass is 343 g/mol. The van der Waals surface area contributed by atoms with Gasteiger partial charge in [0, 0.05) is 39.3 Å². The van der Waals surface area contributed by atoms with Crippen LogP contribution in [-0.2, 0) is 11.3 Å². The van der Waals surface area contributed by atoms with E-state index in [0.717, 1.165) is 18.7 Å². The minimum atomic E-state index is -0.434. The van der Waals surface area contributed by atoms with Crippen molar-refractivity contribution in [3.8, 4) is 6.07 Å². The number of aliphatic hydroxyl groups excluding tert-OH is 1. The molecule has 3 atom stereocenters. The van der Waals surface area contributed by atoms with Gasteiger partial charge in [0.05, 0.1) is 29.9 Å². The van der Waals surface area contributed by atoms with Crippen LogP contribution < -0.4 is 0 Å². The van der Waals surface area contributed by atoms with Crippen LogP contribution >= 0.6 is 0 Å². The quantitative estimate of drug-likeness (QED) is 0.732. The van der Waals surface area contributed by atoms with Gasteiger partial charge >= 0.3 is 0 Å². The summed E-state index contributed by atoms with van der Waals surface area (Å²) in [6.45, 7) is 12.3. The Morgan fingerprint density at radius 1 is 1.44 bits per heavy atom. The Kier molecular flexibility index (Phi) is 7.60. The van der Waals surface area contributed by atoms with E-state index in [9.17, 15) is 5.11 Å². The lowest BCUT2D eigenvalue weighted by molar-refractivity contribution is -0.0779. The average Bonchev–Trinajstić information content (AvgIpc) is 2.54. The molecule has 5 nitrogen and oxygen atoms in total. The largest absolute Gasteiger partial charge is 0.390 e. The van der Waals surface area contributed by atoms with Gasteiger partial charge in [-0.1, -0.05) is 18.2 Å². The maximum Gasteiger partial charge on any atom is 0.0991 e. The fourth-order valence-corrected chi connectivity index (χ4v) is 3.47. The zero-order valence-corrected chi connectivity index (χ0v) is 15.3. The molecule has 1 aromatic carbocycles. The lowest BCUT2D eigenvalue weighted by Crippen LogP contribution is -2.49. The van der Waals surface area contributed by atoms with Crippen LogP contribution in [-0.4, -0.2) is 65.9 Å². The van der Waals surface area contributed by atoms with Crippen LogP contribution in [0.1, 0.15) is 25.0 Å². The van der Waals surface area contributed by atoms with E-state index in [1.165, 1.54) is 0 Å². The zero-order chi connectivity index (χ0) is 18.2. The molecule has 136 valence electrons. The van der Waals surface area contributed by atoms with E-state index in [1.54, 1.807) is 6.07 Å². The van der Waals surface area contributed by atoms with Gasteiger partial charge in [-0.15, -0.1) is 6.58 Å². The molecule has 1 fully saturated rings. The maximum absolute atomic E-state index is 10.5. The topological polar surface area (TPSA) is 59.7 Å². The number of nitrogens with zero attached hydrogens (tertiary/aromatic N) is 3. The summed E-state index contributed by atoms with van der Waals surface area (Å²) in [6.07, 6.45) is 1.82. The Labute approximate surface area is 151 Å². The molecule has 1 aliphatic heterocycles. The number of morpholine rings is 1. The Balaban J connectivity index is 1.91. The highest BCUT2D eigenvalue weighted by molar-refractivity contribution is 5.32. The van der Waals surface area contributed by atoms with Crippen LogP contribution in [0.25, 0.3) is 0 Å². The maximum atomic E-state index is 10.5. The first-order chi connectivity index (χ1) is 12.0. The molecule has 0 aliphatic carbocycles. The molecular formula is C20H29N3O2. The van der Waals surface area contributed by atoms with E-state index in [4.69, 9.17) is 10.00 Å². The second-order valence-corrected chi connectivity index (χ2v) is 6.92. The highest BCUT2D eigenvalue weighted by Gasteiger charge is 2.24. The first-order valence-electron chi connectivity index (χ1n) is 8.88. The third-order valence-electron chi connectivity index (χ3n) is 4.28. The second-order valence-electron chi connectivity index (χ2n) is 6.92. The van der Waals surface area contributed by atoms with E-state index in [1.807, 2.05) is 24.3 Å². The number of hydrogen-bond acceptors (Lipinski definition) is 5. The Morgan fingerprint density at radius 3 is 2.80 bits per heavy atom. The van der Waals surface area contributed by atoms with Crippen molar-refractivity contribution in [1.82, 2.24) is 9.80 Å². The third-order valence-corrected chi connectivity index (χ3v) is 4.28. The van der Waals surface area contributed by atoms with Crippen LogP contribution in [0.3, 0.4) is 0 Å². The summed E-state index contributed by atoms with van der Waals surface area (Å²) in [6, 6.07) is 9.77. The van der Waals surface area contributed by atoms with Crippen LogP contribution in [0.2, 0.25) is 0 Å². The summed E-state index contributed by atoms with van der Waals surface area (Å²) >= 11 is 0. The van der Waals surface area contributed by atoms with Gasteiger partial charge in [0.25, 0.3) is 0 Å². The van der Waals surface area contributed by atoms with Gasteiger partial charge in [0.15, 0.2) is 0 Å². The van der Waals surface area contributed by atoms with Gasteiger partial charge in [-0.2, -0.15) is 5.26 Å². The van der Waals surface area contributed by atoms with Crippen molar-refractivity contribution in [3.63, 3.8) is 0 Å². The van der Waals surface area contributed by atoms with Crippen LogP contribution in [0, 0.1) is 11.3 Å². The molecular weight excluding hydrogens is 314 g/mol. The number of ether oxygens (including phenoxy) is 1. The number of hydrogen-bond donors (Lipinski definition) is 1. The predicted octanol–water partition coefficient (Wildman–Crippen LogP) is 2.02. The average molecular weight is 343 g/mol. The number of aliphatic hydroxyl groups is 1. The SMILES string of the molecule is C=CCN(Cc1cccc(C#N)c1)CC(O)CN1CC(C)OC(C)C1. The lowest BCUT2D eigenvalue weighted by atomic mass is 10.1. The number of benzene rings is 1. The number of rotatable bonds is 8. The summed E-state index contributed by atoms with van der Waals surface area (Å²) in [7, 11) is 0. The first kappa shape index (κ1) is 19.6. The van der Waals surface area contributed by atoms with Crippen molar-refractivity contribution in [1.29, 1.82) is 5.26 Å². The van der Waals surface area contributed by atoms with Crippen molar-refractivity contribution in [2.45, 2.75) is 38.7 Å². The molecule has 0 spiro atoms. The molecule has 5 heteroatoms. The number of nitriles is 1. The molecule has 0 radical (unpaired) electrons. The molecule has 1 aromatic rings. The fourth-order valence-electron chi connectivity index (χ4n) is 3.47. The van der Waals surface area contributed by atoms with E-state index >= 15 is 0 Å². The fraction of sp³-hybridized carbons (Fsp3) is 0.550. The van der Waals surface area contributed by atoms with E-state index in [2.05, 4.69) is 36.3 Å². The highest BCUT2D eigenvalue weighted by atomic mass is 16.5. The minimum Gasteiger partial charge on any atom is -0.390 e. The van der Waals surface area contributed by atoms with Gasteiger partial charge in [-0.3, -0.25) is 9.80 Å². The minimum absolute atomic E-state index is 0.203. The van der Waals surface area contributed by atoms with Crippen molar-refractivity contribution in [2.24, 2.45) is 0 Å². The molecule has 1 heterocycles. The molecule has 0 amide bonds. The Hall–Kier alpha value is -1.71. The summed E-state index contributed by atoms with van der Waals surface area (Å²) in [5.74, 6) is 0. The summed E-state index contributed by atoms with van der Waals surface area (Å²) in [5.41, 5.74) is 1.73.